The van der Waals surface area contributed by atoms with Gasteiger partial charge in [0.1, 0.15) is 5.92 Å². The molecule has 0 saturated heterocycles. The number of nitrogens with zero attached hydrogens (tertiary/aromatic N) is 2. The highest BCUT2D eigenvalue weighted by Crippen LogP contribution is 2.32. The van der Waals surface area contributed by atoms with Crippen molar-refractivity contribution in [3.05, 3.63) is 50.4 Å². The Labute approximate surface area is 155 Å². The normalized spacial score (nSPS) is 12.3. The maximum Gasteiger partial charge on any atom is 0.417 e. The Kier molecular flexibility index (Phi) is 6.00. The highest BCUT2D eigenvalue weighted by atomic mass is 35.5. The predicted octanol–water partition coefficient (Wildman–Crippen LogP) is 3.73. The summed E-state index contributed by atoms with van der Waals surface area (Å²) >= 11 is 7.00. The van der Waals surface area contributed by atoms with Crippen LogP contribution in [0.15, 0.2) is 24.4 Å². The van der Waals surface area contributed by atoms with E-state index in [4.69, 9.17) is 11.6 Å². The van der Waals surface area contributed by atoms with E-state index >= 15 is 0 Å². The van der Waals surface area contributed by atoms with Crippen molar-refractivity contribution in [3.8, 4) is 6.07 Å². The Morgan fingerprint density at radius 2 is 2.12 bits per heavy atom. The summed E-state index contributed by atoms with van der Waals surface area (Å²) in [6.07, 6.45) is -4.14. The van der Waals surface area contributed by atoms with E-state index in [0.717, 1.165) is 4.88 Å². The molecule has 0 fully saturated rings. The first-order valence-corrected chi connectivity index (χ1v) is 8.32. The fraction of sp³-hybridized carbons (Fsp3) is 0.250. The molecule has 0 radical (unpaired) electrons. The number of hydrogen-bond acceptors (Lipinski definition) is 5. The Morgan fingerprint density at radius 3 is 2.62 bits per heavy atom. The number of ketones is 1. The van der Waals surface area contributed by atoms with E-state index in [1.807, 2.05) is 6.92 Å². The molecule has 2 aromatic heterocycles. The number of Topliss-reactive ketones (excluding diaryl/α,β-unsaturated/α-hetero) is 1. The molecule has 0 aliphatic heterocycles. The molecule has 0 saturated carbocycles. The Hall–Kier alpha value is -2.44. The molecule has 10 heteroatoms. The van der Waals surface area contributed by atoms with Crippen LogP contribution in [0.5, 0.6) is 0 Å². The number of alkyl halides is 3. The molecular formula is C16H11ClF3N3O2S. The van der Waals surface area contributed by atoms with E-state index < -0.39 is 40.9 Å². The third kappa shape index (κ3) is 4.59. The van der Waals surface area contributed by atoms with Gasteiger partial charge >= 0.3 is 6.18 Å². The predicted molar refractivity (Wildman–Crippen MR) is 89.0 cm³/mol. The molecule has 0 unspecified atom stereocenters. The molecule has 2 aromatic rings. The van der Waals surface area contributed by atoms with Gasteiger partial charge in [-0.2, -0.15) is 18.4 Å². The highest BCUT2D eigenvalue weighted by Gasteiger charge is 2.33. The van der Waals surface area contributed by atoms with Gasteiger partial charge in [0.25, 0.3) is 5.91 Å². The zero-order valence-corrected chi connectivity index (χ0v) is 14.8. The van der Waals surface area contributed by atoms with Crippen molar-refractivity contribution in [1.29, 1.82) is 5.26 Å². The fourth-order valence-corrected chi connectivity index (χ4v) is 3.07. The van der Waals surface area contributed by atoms with Gasteiger partial charge in [0.05, 0.1) is 33.8 Å². The number of carbonyl (C=O) groups excluding carboxylic acids is 2. The van der Waals surface area contributed by atoms with Gasteiger partial charge in [0.15, 0.2) is 5.78 Å². The van der Waals surface area contributed by atoms with Gasteiger partial charge < -0.3 is 5.32 Å². The summed E-state index contributed by atoms with van der Waals surface area (Å²) in [5.41, 5.74) is -1.37. The number of carbonyl (C=O) groups is 2. The number of aryl methyl sites for hydroxylation is 1. The summed E-state index contributed by atoms with van der Waals surface area (Å²) in [6, 6.07) is 5.60. The molecule has 0 aliphatic rings. The summed E-state index contributed by atoms with van der Waals surface area (Å²) in [6.45, 7) is 1.34. The number of thiophene rings is 1. The molecular weight excluding hydrogens is 391 g/mol. The number of nitriles is 1. The summed E-state index contributed by atoms with van der Waals surface area (Å²) in [5.74, 6) is -2.71. The summed E-state index contributed by atoms with van der Waals surface area (Å²) in [4.78, 5) is 29.0. The van der Waals surface area contributed by atoms with E-state index in [9.17, 15) is 28.0 Å². The lowest BCUT2D eigenvalue weighted by Gasteiger charge is -2.12. The number of amides is 1. The molecule has 1 amide bonds. The van der Waals surface area contributed by atoms with Crippen molar-refractivity contribution in [2.24, 2.45) is 0 Å². The second-order valence-corrected chi connectivity index (χ2v) is 6.91. The minimum absolute atomic E-state index is 0.284. The standard InChI is InChI=1S/C16H11ClF3N3O2S/c1-8-2-3-13(26-8)15(25)23-7-12(24)10(5-21)14-11(17)4-9(6-22-14)16(18,19)20/h2-4,6,10H,7H2,1H3,(H,23,25)/t10-/m1/s1. The van der Waals surface area contributed by atoms with Gasteiger partial charge in [0.2, 0.25) is 0 Å². The monoisotopic (exact) mass is 401 g/mol. The molecule has 2 rings (SSSR count). The topological polar surface area (TPSA) is 82.9 Å². The second-order valence-electron chi connectivity index (χ2n) is 5.21. The lowest BCUT2D eigenvalue weighted by Crippen LogP contribution is -2.32. The van der Waals surface area contributed by atoms with Crippen molar-refractivity contribution in [2.45, 2.75) is 19.0 Å². The smallest absolute Gasteiger partial charge is 0.344 e. The maximum atomic E-state index is 12.6. The van der Waals surface area contributed by atoms with Crippen molar-refractivity contribution in [2.75, 3.05) is 6.54 Å². The third-order valence-electron chi connectivity index (χ3n) is 3.31. The molecule has 0 aliphatic carbocycles. The van der Waals surface area contributed by atoms with E-state index in [2.05, 4.69) is 10.3 Å². The van der Waals surface area contributed by atoms with E-state index in [1.165, 1.54) is 11.3 Å². The lowest BCUT2D eigenvalue weighted by molar-refractivity contribution is -0.137. The van der Waals surface area contributed by atoms with Crippen LogP contribution in [0.3, 0.4) is 0 Å². The summed E-state index contributed by atoms with van der Waals surface area (Å²) < 4.78 is 37.9. The van der Waals surface area contributed by atoms with Gasteiger partial charge in [-0.1, -0.05) is 11.6 Å². The third-order valence-corrected chi connectivity index (χ3v) is 4.61. The fourth-order valence-electron chi connectivity index (χ4n) is 2.01. The van der Waals surface area contributed by atoms with Crippen LogP contribution in [-0.4, -0.2) is 23.2 Å². The van der Waals surface area contributed by atoms with Gasteiger partial charge in [-0.15, -0.1) is 11.3 Å². The van der Waals surface area contributed by atoms with Crippen LogP contribution in [0.1, 0.15) is 31.7 Å². The SMILES string of the molecule is Cc1ccc(C(=O)NCC(=O)[C@@H](C#N)c2ncc(C(F)(F)F)cc2Cl)s1. The van der Waals surface area contributed by atoms with Crippen molar-refractivity contribution >= 4 is 34.6 Å². The highest BCUT2D eigenvalue weighted by molar-refractivity contribution is 7.13. The first-order valence-electron chi connectivity index (χ1n) is 7.13. The van der Waals surface area contributed by atoms with Gasteiger partial charge in [-0.25, -0.2) is 0 Å². The van der Waals surface area contributed by atoms with Crippen molar-refractivity contribution in [1.82, 2.24) is 10.3 Å². The average molecular weight is 402 g/mol. The van der Waals surface area contributed by atoms with Gasteiger partial charge in [-0.3, -0.25) is 14.6 Å². The zero-order valence-electron chi connectivity index (χ0n) is 13.2. The zero-order chi connectivity index (χ0) is 19.5. The molecule has 0 aromatic carbocycles. The molecule has 26 heavy (non-hydrogen) atoms. The van der Waals surface area contributed by atoms with Crippen molar-refractivity contribution in [3.63, 3.8) is 0 Å². The Balaban J connectivity index is 2.11. The largest absolute Gasteiger partial charge is 0.417 e. The average Bonchev–Trinajstić information content (AvgIpc) is 3.00. The molecule has 1 atom stereocenters. The van der Waals surface area contributed by atoms with E-state index in [1.54, 1.807) is 18.2 Å². The first kappa shape index (κ1) is 19.9. The number of pyridine rings is 1. The minimum Gasteiger partial charge on any atom is -0.344 e. The quantitative estimate of drug-likeness (QED) is 0.827. The first-order chi connectivity index (χ1) is 12.1. The molecule has 0 spiro atoms. The van der Waals surface area contributed by atoms with Crippen LogP contribution >= 0.6 is 22.9 Å². The van der Waals surface area contributed by atoms with E-state index in [-0.39, 0.29) is 5.69 Å². The van der Waals surface area contributed by atoms with Gasteiger partial charge in [-0.05, 0) is 25.1 Å². The van der Waals surface area contributed by atoms with Crippen LogP contribution in [0.25, 0.3) is 0 Å². The number of hydrogen-bond donors (Lipinski definition) is 1. The van der Waals surface area contributed by atoms with Crippen LogP contribution < -0.4 is 5.32 Å². The van der Waals surface area contributed by atoms with Crippen LogP contribution in [0, 0.1) is 18.3 Å². The minimum atomic E-state index is -4.64. The number of aromatic nitrogens is 1. The molecule has 0 bridgehead atoms. The summed E-state index contributed by atoms with van der Waals surface area (Å²) in [5, 5.41) is 11.1. The lowest BCUT2D eigenvalue weighted by atomic mass is 10.0. The maximum absolute atomic E-state index is 12.6. The summed E-state index contributed by atoms with van der Waals surface area (Å²) in [7, 11) is 0. The van der Waals surface area contributed by atoms with E-state index in [0.29, 0.717) is 17.1 Å². The molecule has 2 heterocycles. The van der Waals surface area contributed by atoms with Crippen LogP contribution in [-0.2, 0) is 11.0 Å². The number of nitrogens with one attached hydrogen (secondary N) is 1. The van der Waals surface area contributed by atoms with Crippen LogP contribution in [0.2, 0.25) is 5.02 Å². The van der Waals surface area contributed by atoms with Crippen LogP contribution in [0.4, 0.5) is 13.2 Å². The second kappa shape index (κ2) is 7.85. The number of rotatable bonds is 5. The van der Waals surface area contributed by atoms with Gasteiger partial charge in [0, 0.05) is 11.1 Å². The molecule has 136 valence electrons. The molecule has 1 N–H and O–H groups in total. The van der Waals surface area contributed by atoms with Crippen molar-refractivity contribution < 1.29 is 22.8 Å². The Bertz CT molecular complexity index is 890. The molecule has 5 nitrogen and oxygen atoms in total. The Morgan fingerprint density at radius 1 is 1.42 bits per heavy atom. The number of halogens is 4.